The molecule has 0 spiro atoms. The number of rotatable bonds is 8. The molecule has 1 amide bonds. The molecule has 0 fully saturated rings. The van der Waals surface area contributed by atoms with Crippen LogP contribution in [0.15, 0.2) is 48.5 Å². The Morgan fingerprint density at radius 2 is 1.59 bits per heavy atom. The molecule has 0 radical (unpaired) electrons. The molecular weight excluding hydrogens is 390 g/mol. The molecule has 1 aliphatic carbocycles. The highest BCUT2D eigenvalue weighted by atomic mass is 32.2. The van der Waals surface area contributed by atoms with Crippen LogP contribution in [-0.2, 0) is 19.0 Å². The zero-order valence-corrected chi connectivity index (χ0v) is 17.7. The quantitative estimate of drug-likeness (QED) is 0.659. The van der Waals surface area contributed by atoms with Crippen molar-refractivity contribution in [3.8, 4) is 11.1 Å². The monoisotopic (exact) mass is 417 g/mol. The highest BCUT2D eigenvalue weighted by Gasteiger charge is 2.29. The third-order valence-electron chi connectivity index (χ3n) is 4.90. The second kappa shape index (κ2) is 8.97. The molecule has 7 heteroatoms. The third-order valence-corrected chi connectivity index (χ3v) is 5.47. The maximum atomic E-state index is 12.4. The molecule has 0 aromatic heterocycles. The molecule has 2 aromatic carbocycles. The molecule has 3 rings (SSSR count). The number of carbonyl (C=O) groups is 1. The standard InChI is InChI=1S/C22H27NO5S/c1-15(2)12-16(13-28-29(3,25)26)23-22(24)27-14-21-19-10-6-4-8-17(19)18-9-5-7-11-20(18)21/h4-11,15-16,21H,12-14H2,1-3H3,(H,23,24)/t16-/m0/s1. The molecule has 2 aromatic rings. The van der Waals surface area contributed by atoms with Gasteiger partial charge in [0.1, 0.15) is 6.61 Å². The summed E-state index contributed by atoms with van der Waals surface area (Å²) in [5.74, 6) is 0.237. The van der Waals surface area contributed by atoms with Gasteiger partial charge < -0.3 is 10.1 Å². The Bertz CT molecular complexity index is 925. The SMILES string of the molecule is CC(C)C[C@@H](COS(C)(=O)=O)NC(=O)OCC1c2ccccc2-c2ccccc21. The highest BCUT2D eigenvalue weighted by Crippen LogP contribution is 2.44. The maximum Gasteiger partial charge on any atom is 0.407 e. The molecule has 0 heterocycles. The first-order chi connectivity index (χ1) is 13.7. The van der Waals surface area contributed by atoms with Crippen molar-refractivity contribution < 1.29 is 22.1 Å². The minimum Gasteiger partial charge on any atom is -0.449 e. The normalized spacial score (nSPS) is 14.3. The predicted octanol–water partition coefficient (Wildman–Crippen LogP) is 3.92. The van der Waals surface area contributed by atoms with Crippen LogP contribution in [0.4, 0.5) is 4.79 Å². The summed E-state index contributed by atoms with van der Waals surface area (Å²) in [4.78, 5) is 12.4. The molecule has 6 nitrogen and oxygen atoms in total. The molecule has 29 heavy (non-hydrogen) atoms. The van der Waals surface area contributed by atoms with E-state index in [0.29, 0.717) is 6.42 Å². The number of benzene rings is 2. The van der Waals surface area contributed by atoms with Gasteiger partial charge in [-0.3, -0.25) is 4.18 Å². The van der Waals surface area contributed by atoms with E-state index in [1.165, 1.54) is 0 Å². The van der Waals surface area contributed by atoms with Gasteiger partial charge >= 0.3 is 6.09 Å². The summed E-state index contributed by atoms with van der Waals surface area (Å²) in [5.41, 5.74) is 4.61. The smallest absolute Gasteiger partial charge is 0.407 e. The molecule has 1 aliphatic rings. The number of amides is 1. The van der Waals surface area contributed by atoms with E-state index in [4.69, 9.17) is 8.92 Å². The van der Waals surface area contributed by atoms with Gasteiger partial charge in [-0.05, 0) is 34.6 Å². The molecule has 156 valence electrons. The molecule has 0 saturated carbocycles. The topological polar surface area (TPSA) is 81.7 Å². The van der Waals surface area contributed by atoms with Crippen LogP contribution >= 0.6 is 0 Å². The van der Waals surface area contributed by atoms with Crippen LogP contribution in [-0.4, -0.2) is 40.0 Å². The maximum absolute atomic E-state index is 12.4. The van der Waals surface area contributed by atoms with Gasteiger partial charge in [-0.25, -0.2) is 4.79 Å². The fourth-order valence-electron chi connectivity index (χ4n) is 3.75. The summed E-state index contributed by atoms with van der Waals surface area (Å²) in [6.45, 7) is 4.09. The van der Waals surface area contributed by atoms with Gasteiger partial charge in [0.25, 0.3) is 10.1 Å². The largest absolute Gasteiger partial charge is 0.449 e. The van der Waals surface area contributed by atoms with E-state index in [1.807, 2.05) is 38.1 Å². The van der Waals surface area contributed by atoms with E-state index in [9.17, 15) is 13.2 Å². The fourth-order valence-corrected chi connectivity index (χ4v) is 4.16. The average molecular weight is 418 g/mol. The van der Waals surface area contributed by atoms with E-state index >= 15 is 0 Å². The zero-order valence-electron chi connectivity index (χ0n) is 16.9. The molecule has 0 aliphatic heterocycles. The summed E-state index contributed by atoms with van der Waals surface area (Å²) in [7, 11) is -3.58. The minimum absolute atomic E-state index is 0.0241. The van der Waals surface area contributed by atoms with E-state index in [1.54, 1.807) is 0 Å². The van der Waals surface area contributed by atoms with Crippen LogP contribution in [0.25, 0.3) is 11.1 Å². The van der Waals surface area contributed by atoms with Crippen molar-refractivity contribution in [3.05, 3.63) is 59.7 Å². The van der Waals surface area contributed by atoms with Gasteiger partial charge in [0.2, 0.25) is 0 Å². The number of hydrogen-bond donors (Lipinski definition) is 1. The molecule has 1 atom stereocenters. The summed E-state index contributed by atoms with van der Waals surface area (Å²) in [6, 6.07) is 15.8. The molecule has 0 bridgehead atoms. The van der Waals surface area contributed by atoms with E-state index in [0.717, 1.165) is 28.5 Å². The first kappa shape index (κ1) is 21.3. The first-order valence-electron chi connectivity index (χ1n) is 9.70. The van der Waals surface area contributed by atoms with Crippen molar-refractivity contribution in [2.24, 2.45) is 5.92 Å². The van der Waals surface area contributed by atoms with Gasteiger partial charge in [0.15, 0.2) is 0 Å². The van der Waals surface area contributed by atoms with Crippen LogP contribution in [0.5, 0.6) is 0 Å². The Kier molecular flexibility index (Phi) is 6.59. The van der Waals surface area contributed by atoms with Crippen molar-refractivity contribution in [1.82, 2.24) is 5.32 Å². The lowest BCUT2D eigenvalue weighted by Gasteiger charge is -2.21. The zero-order chi connectivity index (χ0) is 21.0. The Labute approximate surface area is 172 Å². The van der Waals surface area contributed by atoms with Crippen molar-refractivity contribution in [2.45, 2.75) is 32.2 Å². The lowest BCUT2D eigenvalue weighted by atomic mass is 9.98. The molecule has 0 saturated heterocycles. The van der Waals surface area contributed by atoms with Gasteiger partial charge in [-0.2, -0.15) is 8.42 Å². The number of alkyl carbamates (subject to hydrolysis) is 1. The third kappa shape index (κ3) is 5.58. The first-order valence-corrected chi connectivity index (χ1v) is 11.5. The van der Waals surface area contributed by atoms with E-state index in [-0.39, 0.29) is 25.0 Å². The molecule has 0 unspecified atom stereocenters. The van der Waals surface area contributed by atoms with Crippen LogP contribution in [0.2, 0.25) is 0 Å². The van der Waals surface area contributed by atoms with Crippen molar-refractivity contribution in [1.29, 1.82) is 0 Å². The lowest BCUT2D eigenvalue weighted by molar-refractivity contribution is 0.132. The van der Waals surface area contributed by atoms with Crippen LogP contribution < -0.4 is 5.32 Å². The van der Waals surface area contributed by atoms with Crippen LogP contribution in [0.3, 0.4) is 0 Å². The van der Waals surface area contributed by atoms with E-state index < -0.39 is 22.3 Å². The molecule has 1 N–H and O–H groups in total. The van der Waals surface area contributed by atoms with Gasteiger partial charge in [0.05, 0.1) is 18.9 Å². The second-order valence-corrected chi connectivity index (χ2v) is 9.43. The lowest BCUT2D eigenvalue weighted by Crippen LogP contribution is -2.40. The predicted molar refractivity (Wildman–Crippen MR) is 112 cm³/mol. The average Bonchev–Trinajstić information content (AvgIpc) is 2.97. The van der Waals surface area contributed by atoms with Gasteiger partial charge in [0, 0.05) is 5.92 Å². The number of fused-ring (bicyclic) bond motifs is 3. The summed E-state index contributed by atoms with van der Waals surface area (Å²) in [6.07, 6.45) is 1.00. The summed E-state index contributed by atoms with van der Waals surface area (Å²) < 4.78 is 32.9. The second-order valence-electron chi connectivity index (χ2n) is 7.79. The number of nitrogens with one attached hydrogen (secondary N) is 1. The number of hydrogen-bond acceptors (Lipinski definition) is 5. The summed E-state index contributed by atoms with van der Waals surface area (Å²) in [5, 5.41) is 2.74. The Morgan fingerprint density at radius 3 is 2.10 bits per heavy atom. The minimum atomic E-state index is -3.58. The number of ether oxygens (including phenoxy) is 1. The van der Waals surface area contributed by atoms with E-state index in [2.05, 4.69) is 29.6 Å². The highest BCUT2D eigenvalue weighted by molar-refractivity contribution is 7.85. The molecular formula is C22H27NO5S. The van der Waals surface area contributed by atoms with Crippen LogP contribution in [0, 0.1) is 5.92 Å². The number of carbonyl (C=O) groups excluding carboxylic acids is 1. The van der Waals surface area contributed by atoms with Crippen molar-refractivity contribution in [2.75, 3.05) is 19.5 Å². The van der Waals surface area contributed by atoms with Gasteiger partial charge in [-0.1, -0.05) is 62.4 Å². The van der Waals surface area contributed by atoms with Crippen molar-refractivity contribution >= 4 is 16.2 Å². The Balaban J connectivity index is 1.65. The van der Waals surface area contributed by atoms with Crippen LogP contribution in [0.1, 0.15) is 37.3 Å². The summed E-state index contributed by atoms with van der Waals surface area (Å²) >= 11 is 0. The Morgan fingerprint density at radius 1 is 1.03 bits per heavy atom. The van der Waals surface area contributed by atoms with Gasteiger partial charge in [-0.15, -0.1) is 0 Å². The Hall–Kier alpha value is -2.38. The fraction of sp³-hybridized carbons (Fsp3) is 0.409. The van der Waals surface area contributed by atoms with Crippen molar-refractivity contribution in [3.63, 3.8) is 0 Å².